The van der Waals surface area contributed by atoms with E-state index in [4.69, 9.17) is 0 Å². The zero-order valence-electron chi connectivity index (χ0n) is 12.5. The Balaban J connectivity index is 1.59. The van der Waals surface area contributed by atoms with E-state index >= 15 is 0 Å². The predicted octanol–water partition coefficient (Wildman–Crippen LogP) is 3.55. The number of carbonyl (C=O) groups is 1. The van der Waals surface area contributed by atoms with Crippen LogP contribution in [0, 0.1) is 0 Å². The lowest BCUT2D eigenvalue weighted by molar-refractivity contribution is -0.141. The van der Waals surface area contributed by atoms with Gasteiger partial charge in [0.25, 0.3) is 5.91 Å². The van der Waals surface area contributed by atoms with Gasteiger partial charge in [0.1, 0.15) is 5.69 Å². The second-order valence-electron chi connectivity index (χ2n) is 5.30. The molecule has 2 heterocycles. The van der Waals surface area contributed by atoms with Gasteiger partial charge in [-0.25, -0.2) is 0 Å². The molecule has 0 bridgehead atoms. The zero-order valence-corrected chi connectivity index (χ0v) is 12.5. The molecular formula is C17H14F3N3O. The smallest absolute Gasteiger partial charge is 0.361 e. The van der Waals surface area contributed by atoms with Crippen LogP contribution in [0.4, 0.5) is 13.2 Å². The largest absolute Gasteiger partial charge is 0.433 e. The SMILES string of the molecule is O=C(NCCc1c[nH]c2ccccc12)c1ccc(C(F)(F)F)nc1. The van der Waals surface area contributed by atoms with E-state index in [-0.39, 0.29) is 5.56 Å². The summed E-state index contributed by atoms with van der Waals surface area (Å²) in [6, 6.07) is 9.74. The molecule has 0 radical (unpaired) electrons. The number of nitrogens with one attached hydrogen (secondary N) is 2. The van der Waals surface area contributed by atoms with E-state index in [9.17, 15) is 18.0 Å². The third kappa shape index (κ3) is 3.40. The monoisotopic (exact) mass is 333 g/mol. The fourth-order valence-corrected chi connectivity index (χ4v) is 2.45. The molecule has 0 aliphatic heterocycles. The Bertz CT molecular complexity index is 853. The van der Waals surface area contributed by atoms with Gasteiger partial charge in [-0.1, -0.05) is 18.2 Å². The lowest BCUT2D eigenvalue weighted by Crippen LogP contribution is -2.26. The maximum atomic E-state index is 12.4. The van der Waals surface area contributed by atoms with E-state index in [1.54, 1.807) is 0 Å². The van der Waals surface area contributed by atoms with Crippen molar-refractivity contribution in [1.82, 2.24) is 15.3 Å². The number of rotatable bonds is 4. The second kappa shape index (κ2) is 6.35. The summed E-state index contributed by atoms with van der Waals surface area (Å²) in [4.78, 5) is 18.4. The van der Waals surface area contributed by atoms with Gasteiger partial charge in [0, 0.05) is 29.8 Å². The van der Waals surface area contributed by atoms with Crippen molar-refractivity contribution in [2.24, 2.45) is 0 Å². The molecule has 0 saturated heterocycles. The van der Waals surface area contributed by atoms with Crippen LogP contribution in [0.25, 0.3) is 10.9 Å². The number of aromatic amines is 1. The zero-order chi connectivity index (χ0) is 17.2. The normalized spacial score (nSPS) is 11.6. The van der Waals surface area contributed by atoms with Crippen molar-refractivity contribution in [1.29, 1.82) is 0 Å². The summed E-state index contributed by atoms with van der Waals surface area (Å²) in [5.74, 6) is -0.448. The van der Waals surface area contributed by atoms with Crippen LogP contribution in [-0.2, 0) is 12.6 Å². The highest BCUT2D eigenvalue weighted by Gasteiger charge is 2.32. The number of fused-ring (bicyclic) bond motifs is 1. The first kappa shape index (κ1) is 16.0. The Morgan fingerprint density at radius 2 is 1.96 bits per heavy atom. The Morgan fingerprint density at radius 3 is 2.67 bits per heavy atom. The summed E-state index contributed by atoms with van der Waals surface area (Å²) < 4.78 is 37.3. The van der Waals surface area contributed by atoms with Gasteiger partial charge in [-0.15, -0.1) is 0 Å². The molecule has 4 nitrogen and oxygen atoms in total. The van der Waals surface area contributed by atoms with Crippen molar-refractivity contribution in [3.63, 3.8) is 0 Å². The maximum Gasteiger partial charge on any atom is 0.433 e. The lowest BCUT2D eigenvalue weighted by atomic mass is 10.1. The lowest BCUT2D eigenvalue weighted by Gasteiger charge is -2.07. The standard InChI is InChI=1S/C17H14F3N3O/c18-17(19,20)15-6-5-12(10-23-15)16(24)21-8-7-11-9-22-14-4-2-1-3-13(11)14/h1-6,9-10,22H,7-8H2,(H,21,24). The van der Waals surface area contributed by atoms with Gasteiger partial charge in [0.15, 0.2) is 0 Å². The maximum absolute atomic E-state index is 12.4. The minimum absolute atomic E-state index is 0.0990. The predicted molar refractivity (Wildman–Crippen MR) is 83.6 cm³/mol. The van der Waals surface area contributed by atoms with Gasteiger partial charge >= 0.3 is 6.18 Å². The summed E-state index contributed by atoms with van der Waals surface area (Å²) in [6.45, 7) is 0.377. The number of benzene rings is 1. The fraction of sp³-hybridized carbons (Fsp3) is 0.176. The van der Waals surface area contributed by atoms with Crippen LogP contribution in [0.1, 0.15) is 21.6 Å². The summed E-state index contributed by atoms with van der Waals surface area (Å²) in [5, 5.41) is 3.77. The van der Waals surface area contributed by atoms with Crippen molar-refractivity contribution in [3.8, 4) is 0 Å². The highest BCUT2D eigenvalue weighted by atomic mass is 19.4. The number of alkyl halides is 3. The number of nitrogens with zero attached hydrogens (tertiary/aromatic N) is 1. The average Bonchev–Trinajstić information content (AvgIpc) is 2.97. The molecule has 1 aromatic carbocycles. The first-order chi connectivity index (χ1) is 11.4. The van der Waals surface area contributed by atoms with E-state index in [0.717, 1.165) is 34.8 Å². The van der Waals surface area contributed by atoms with Gasteiger partial charge in [-0.2, -0.15) is 13.2 Å². The Labute approximate surface area is 135 Å². The van der Waals surface area contributed by atoms with Gasteiger partial charge in [-0.05, 0) is 30.2 Å². The van der Waals surface area contributed by atoms with E-state index in [2.05, 4.69) is 15.3 Å². The number of hydrogen-bond acceptors (Lipinski definition) is 2. The third-order valence-corrected chi connectivity index (χ3v) is 3.67. The van der Waals surface area contributed by atoms with Crippen LogP contribution in [0.5, 0.6) is 0 Å². The molecule has 0 saturated carbocycles. The van der Waals surface area contributed by atoms with Crippen molar-refractivity contribution in [2.75, 3.05) is 6.54 Å². The van der Waals surface area contributed by atoms with Gasteiger partial charge in [-0.3, -0.25) is 9.78 Å². The number of pyridine rings is 1. The van der Waals surface area contributed by atoms with Crippen molar-refractivity contribution < 1.29 is 18.0 Å². The minimum Gasteiger partial charge on any atom is -0.361 e. The Morgan fingerprint density at radius 1 is 1.17 bits per heavy atom. The van der Waals surface area contributed by atoms with Crippen molar-refractivity contribution >= 4 is 16.8 Å². The van der Waals surface area contributed by atoms with Gasteiger partial charge in [0.05, 0.1) is 5.56 Å². The first-order valence-corrected chi connectivity index (χ1v) is 7.31. The summed E-state index contributed by atoms with van der Waals surface area (Å²) >= 11 is 0. The number of amides is 1. The molecule has 0 aliphatic carbocycles. The highest BCUT2D eigenvalue weighted by molar-refractivity contribution is 5.93. The molecule has 0 unspecified atom stereocenters. The van der Waals surface area contributed by atoms with E-state index in [1.807, 2.05) is 30.5 Å². The molecule has 2 N–H and O–H groups in total. The molecule has 0 aliphatic rings. The molecule has 24 heavy (non-hydrogen) atoms. The van der Waals surface area contributed by atoms with Gasteiger partial charge < -0.3 is 10.3 Å². The van der Waals surface area contributed by atoms with E-state index in [0.29, 0.717) is 13.0 Å². The van der Waals surface area contributed by atoms with Crippen LogP contribution in [-0.4, -0.2) is 22.4 Å². The molecule has 2 aromatic heterocycles. The van der Waals surface area contributed by atoms with Crippen LogP contribution in [0.3, 0.4) is 0 Å². The molecule has 0 spiro atoms. The molecule has 7 heteroatoms. The number of hydrogen-bond donors (Lipinski definition) is 2. The number of carbonyl (C=O) groups excluding carboxylic acids is 1. The van der Waals surface area contributed by atoms with Crippen LogP contribution < -0.4 is 5.32 Å². The fourth-order valence-electron chi connectivity index (χ4n) is 2.45. The topological polar surface area (TPSA) is 57.8 Å². The number of aromatic nitrogens is 2. The third-order valence-electron chi connectivity index (χ3n) is 3.67. The van der Waals surface area contributed by atoms with Crippen LogP contribution in [0.2, 0.25) is 0 Å². The van der Waals surface area contributed by atoms with Crippen molar-refractivity contribution in [2.45, 2.75) is 12.6 Å². The molecule has 124 valence electrons. The molecule has 3 aromatic rings. The molecule has 3 rings (SSSR count). The van der Waals surface area contributed by atoms with E-state index < -0.39 is 17.8 Å². The molecule has 0 atom stereocenters. The Kier molecular flexibility index (Phi) is 4.24. The van der Waals surface area contributed by atoms with Crippen LogP contribution in [0.15, 0.2) is 48.8 Å². The first-order valence-electron chi connectivity index (χ1n) is 7.31. The number of halogens is 3. The van der Waals surface area contributed by atoms with E-state index in [1.165, 1.54) is 0 Å². The second-order valence-corrected chi connectivity index (χ2v) is 5.30. The average molecular weight is 333 g/mol. The summed E-state index contributed by atoms with van der Waals surface area (Å²) in [5.41, 5.74) is 1.17. The molecular weight excluding hydrogens is 319 g/mol. The summed E-state index contributed by atoms with van der Waals surface area (Å²) in [6.07, 6.45) is -1.07. The molecule has 1 amide bonds. The van der Waals surface area contributed by atoms with Gasteiger partial charge in [0.2, 0.25) is 0 Å². The minimum atomic E-state index is -4.51. The highest BCUT2D eigenvalue weighted by Crippen LogP contribution is 2.27. The number of para-hydroxylation sites is 1. The quantitative estimate of drug-likeness (QED) is 0.767. The van der Waals surface area contributed by atoms with Crippen molar-refractivity contribution in [3.05, 3.63) is 65.6 Å². The number of H-pyrrole nitrogens is 1. The van der Waals surface area contributed by atoms with Crippen LogP contribution >= 0.6 is 0 Å². The Hall–Kier alpha value is -2.83. The molecule has 0 fully saturated rings. The summed E-state index contributed by atoms with van der Waals surface area (Å²) in [7, 11) is 0.